The zero-order valence-electron chi connectivity index (χ0n) is 13.7. The minimum absolute atomic E-state index is 0.0116. The molecule has 5 heteroatoms. The Morgan fingerprint density at radius 2 is 1.71 bits per heavy atom. The van der Waals surface area contributed by atoms with Gasteiger partial charge in [0.05, 0.1) is 17.7 Å². The van der Waals surface area contributed by atoms with Crippen LogP contribution >= 0.6 is 11.6 Å². The molecule has 126 valence electrons. The Hall–Kier alpha value is -2.04. The third kappa shape index (κ3) is 3.71. The molecule has 0 radical (unpaired) electrons. The molecule has 1 fully saturated rings. The molecule has 0 saturated carbocycles. The molecule has 0 aliphatic carbocycles. The maximum absolute atomic E-state index is 12.6. The van der Waals surface area contributed by atoms with E-state index in [1.807, 2.05) is 35.2 Å². The number of halogens is 1. The number of amides is 1. The first-order valence-electron chi connectivity index (χ1n) is 8.07. The number of methoxy groups -OCH3 is 1. The van der Waals surface area contributed by atoms with E-state index in [9.17, 15) is 4.79 Å². The molecule has 1 amide bonds. The fourth-order valence-corrected chi connectivity index (χ4v) is 3.21. The minimum atomic E-state index is 0.0116. The van der Waals surface area contributed by atoms with E-state index in [4.69, 9.17) is 16.3 Å². The molecule has 0 N–H and O–H groups in total. The topological polar surface area (TPSA) is 32.8 Å². The van der Waals surface area contributed by atoms with Crippen LogP contribution in [-0.4, -0.2) is 49.0 Å². The van der Waals surface area contributed by atoms with Crippen molar-refractivity contribution in [1.29, 1.82) is 0 Å². The summed E-state index contributed by atoms with van der Waals surface area (Å²) < 4.78 is 5.41. The van der Waals surface area contributed by atoms with Crippen LogP contribution in [0.2, 0.25) is 5.02 Å². The highest BCUT2D eigenvalue weighted by Crippen LogP contribution is 2.21. The van der Waals surface area contributed by atoms with Gasteiger partial charge in [0.25, 0.3) is 5.91 Å². The van der Waals surface area contributed by atoms with Crippen LogP contribution in [0.4, 0.5) is 0 Å². The molecule has 3 rings (SSSR count). The maximum atomic E-state index is 12.6. The molecule has 2 aromatic rings. The Labute approximate surface area is 147 Å². The highest BCUT2D eigenvalue weighted by atomic mass is 35.5. The number of para-hydroxylation sites is 1. The van der Waals surface area contributed by atoms with E-state index < -0.39 is 0 Å². The zero-order chi connectivity index (χ0) is 16.9. The SMILES string of the molecule is COc1ccccc1CN1CCN(C(=O)c2ccccc2Cl)CC1. The van der Waals surface area contributed by atoms with Gasteiger partial charge in [-0.2, -0.15) is 0 Å². The van der Waals surface area contributed by atoms with Crippen LogP contribution in [0.15, 0.2) is 48.5 Å². The summed E-state index contributed by atoms with van der Waals surface area (Å²) in [6, 6.07) is 15.3. The fourth-order valence-electron chi connectivity index (χ4n) is 2.99. The molecule has 1 heterocycles. The van der Waals surface area contributed by atoms with Crippen molar-refractivity contribution in [3.05, 3.63) is 64.7 Å². The summed E-state index contributed by atoms with van der Waals surface area (Å²) in [5, 5.41) is 0.513. The van der Waals surface area contributed by atoms with Crippen molar-refractivity contribution in [3.63, 3.8) is 0 Å². The van der Waals surface area contributed by atoms with Gasteiger partial charge in [-0.15, -0.1) is 0 Å². The number of ether oxygens (including phenoxy) is 1. The van der Waals surface area contributed by atoms with Gasteiger partial charge in [0.15, 0.2) is 0 Å². The van der Waals surface area contributed by atoms with E-state index in [1.54, 1.807) is 19.2 Å². The molecular weight excluding hydrogens is 324 g/mol. The molecule has 0 unspecified atom stereocenters. The number of rotatable bonds is 4. The van der Waals surface area contributed by atoms with Gasteiger partial charge < -0.3 is 9.64 Å². The molecular formula is C19H21ClN2O2. The summed E-state index contributed by atoms with van der Waals surface area (Å²) in [7, 11) is 1.69. The molecule has 1 aliphatic heterocycles. The predicted octanol–water partition coefficient (Wildman–Crippen LogP) is 3.31. The van der Waals surface area contributed by atoms with Gasteiger partial charge in [-0.3, -0.25) is 9.69 Å². The van der Waals surface area contributed by atoms with Gasteiger partial charge >= 0.3 is 0 Å². The van der Waals surface area contributed by atoms with Crippen LogP contribution in [0.25, 0.3) is 0 Å². The number of hydrogen-bond acceptors (Lipinski definition) is 3. The number of carbonyl (C=O) groups is 1. The van der Waals surface area contributed by atoms with Gasteiger partial charge in [-0.25, -0.2) is 0 Å². The summed E-state index contributed by atoms with van der Waals surface area (Å²) in [5.41, 5.74) is 1.75. The summed E-state index contributed by atoms with van der Waals surface area (Å²) in [4.78, 5) is 16.8. The summed E-state index contributed by atoms with van der Waals surface area (Å²) in [5.74, 6) is 0.921. The lowest BCUT2D eigenvalue weighted by Crippen LogP contribution is -2.48. The third-order valence-corrected chi connectivity index (χ3v) is 4.68. The third-order valence-electron chi connectivity index (χ3n) is 4.35. The number of benzene rings is 2. The van der Waals surface area contributed by atoms with Crippen molar-refractivity contribution in [1.82, 2.24) is 9.80 Å². The lowest BCUT2D eigenvalue weighted by Gasteiger charge is -2.35. The van der Waals surface area contributed by atoms with Gasteiger partial charge in [0, 0.05) is 38.3 Å². The van der Waals surface area contributed by atoms with Crippen molar-refractivity contribution >= 4 is 17.5 Å². The smallest absolute Gasteiger partial charge is 0.255 e. The van der Waals surface area contributed by atoms with Crippen LogP contribution in [0.5, 0.6) is 5.75 Å². The van der Waals surface area contributed by atoms with E-state index >= 15 is 0 Å². The lowest BCUT2D eigenvalue weighted by molar-refractivity contribution is 0.0627. The standard InChI is InChI=1S/C19H21ClN2O2/c1-24-18-9-5-2-6-15(18)14-21-10-12-22(13-11-21)19(23)16-7-3-4-8-17(16)20/h2-9H,10-14H2,1H3. The fraction of sp³-hybridized carbons (Fsp3) is 0.316. The maximum Gasteiger partial charge on any atom is 0.255 e. The average molecular weight is 345 g/mol. The van der Waals surface area contributed by atoms with Crippen molar-refractivity contribution in [2.75, 3.05) is 33.3 Å². The largest absolute Gasteiger partial charge is 0.496 e. The normalized spacial score (nSPS) is 15.3. The van der Waals surface area contributed by atoms with Crippen molar-refractivity contribution in [3.8, 4) is 5.75 Å². The van der Waals surface area contributed by atoms with Gasteiger partial charge in [0.2, 0.25) is 0 Å². The molecule has 4 nitrogen and oxygen atoms in total. The van der Waals surface area contributed by atoms with Crippen molar-refractivity contribution in [2.45, 2.75) is 6.54 Å². The Bertz CT molecular complexity index is 712. The number of piperazine rings is 1. The number of nitrogens with zero attached hydrogens (tertiary/aromatic N) is 2. The van der Waals surface area contributed by atoms with E-state index in [-0.39, 0.29) is 5.91 Å². The highest BCUT2D eigenvalue weighted by molar-refractivity contribution is 6.33. The van der Waals surface area contributed by atoms with Crippen LogP contribution in [0.1, 0.15) is 15.9 Å². The molecule has 1 aliphatic rings. The molecule has 0 atom stereocenters. The number of hydrogen-bond donors (Lipinski definition) is 0. The van der Waals surface area contributed by atoms with Gasteiger partial charge in [-0.1, -0.05) is 41.9 Å². The van der Waals surface area contributed by atoms with E-state index in [0.29, 0.717) is 23.7 Å². The van der Waals surface area contributed by atoms with Gasteiger partial charge in [-0.05, 0) is 18.2 Å². The molecule has 0 spiro atoms. The Balaban J connectivity index is 1.60. The zero-order valence-corrected chi connectivity index (χ0v) is 14.5. The second kappa shape index (κ2) is 7.69. The lowest BCUT2D eigenvalue weighted by atomic mass is 10.1. The summed E-state index contributed by atoms with van der Waals surface area (Å²) >= 11 is 6.14. The highest BCUT2D eigenvalue weighted by Gasteiger charge is 2.23. The van der Waals surface area contributed by atoms with Crippen LogP contribution < -0.4 is 4.74 Å². The quantitative estimate of drug-likeness (QED) is 0.853. The average Bonchev–Trinajstić information content (AvgIpc) is 2.63. The van der Waals surface area contributed by atoms with Crippen LogP contribution in [-0.2, 0) is 6.54 Å². The van der Waals surface area contributed by atoms with E-state index in [2.05, 4.69) is 11.0 Å². The second-order valence-corrected chi connectivity index (χ2v) is 6.27. The van der Waals surface area contributed by atoms with E-state index in [1.165, 1.54) is 5.56 Å². The molecule has 2 aromatic carbocycles. The number of carbonyl (C=O) groups excluding carboxylic acids is 1. The van der Waals surface area contributed by atoms with Crippen LogP contribution in [0, 0.1) is 0 Å². The molecule has 24 heavy (non-hydrogen) atoms. The molecule has 1 saturated heterocycles. The minimum Gasteiger partial charge on any atom is -0.496 e. The second-order valence-electron chi connectivity index (χ2n) is 5.86. The Morgan fingerprint density at radius 1 is 1.04 bits per heavy atom. The summed E-state index contributed by atoms with van der Waals surface area (Å²) in [6.45, 7) is 3.93. The van der Waals surface area contributed by atoms with Crippen molar-refractivity contribution in [2.24, 2.45) is 0 Å². The monoisotopic (exact) mass is 344 g/mol. The summed E-state index contributed by atoms with van der Waals surface area (Å²) in [6.07, 6.45) is 0. The van der Waals surface area contributed by atoms with Crippen molar-refractivity contribution < 1.29 is 9.53 Å². The first-order valence-corrected chi connectivity index (χ1v) is 8.45. The Kier molecular flexibility index (Phi) is 5.38. The molecule has 0 bridgehead atoms. The van der Waals surface area contributed by atoms with Gasteiger partial charge in [0.1, 0.15) is 5.75 Å². The first kappa shape index (κ1) is 16.8. The van der Waals surface area contributed by atoms with Crippen LogP contribution in [0.3, 0.4) is 0 Å². The Morgan fingerprint density at radius 3 is 2.42 bits per heavy atom. The predicted molar refractivity (Wildman–Crippen MR) is 95.6 cm³/mol. The molecule has 0 aromatic heterocycles. The first-order chi connectivity index (χ1) is 11.7. The van der Waals surface area contributed by atoms with E-state index in [0.717, 1.165) is 25.4 Å².